The van der Waals surface area contributed by atoms with Gasteiger partial charge in [-0.25, -0.2) is 0 Å². The summed E-state index contributed by atoms with van der Waals surface area (Å²) in [4.78, 5) is 2.39. The van der Waals surface area contributed by atoms with Crippen molar-refractivity contribution in [3.8, 4) is 0 Å². The van der Waals surface area contributed by atoms with Gasteiger partial charge in [-0.1, -0.05) is 37.6 Å². The fourth-order valence-corrected chi connectivity index (χ4v) is 2.78. The number of halogens is 1. The Bertz CT molecular complexity index is 366. The Balaban J connectivity index is 2.98. The Morgan fingerprint density at radius 2 is 1.94 bits per heavy atom. The lowest BCUT2D eigenvalue weighted by molar-refractivity contribution is 0.0759. The zero-order valence-electron chi connectivity index (χ0n) is 11.9. The van der Waals surface area contributed by atoms with Crippen LogP contribution in [0.2, 0.25) is 5.02 Å². The molecule has 0 aliphatic heterocycles. The largest absolute Gasteiger partial charge is 0.329 e. The topological polar surface area (TPSA) is 29.3 Å². The van der Waals surface area contributed by atoms with Gasteiger partial charge in [0, 0.05) is 23.1 Å². The van der Waals surface area contributed by atoms with Gasteiger partial charge in [-0.3, -0.25) is 4.90 Å². The number of nitrogens with zero attached hydrogens (tertiary/aromatic N) is 1. The van der Waals surface area contributed by atoms with Crippen molar-refractivity contribution in [1.29, 1.82) is 0 Å². The third kappa shape index (κ3) is 3.05. The summed E-state index contributed by atoms with van der Waals surface area (Å²) < 4.78 is 0. The van der Waals surface area contributed by atoms with Crippen molar-refractivity contribution in [2.75, 3.05) is 13.6 Å². The van der Waals surface area contributed by atoms with Crippen molar-refractivity contribution in [2.45, 2.75) is 45.2 Å². The van der Waals surface area contributed by atoms with Crippen molar-refractivity contribution in [1.82, 2.24) is 4.90 Å². The van der Waals surface area contributed by atoms with Crippen LogP contribution in [0.25, 0.3) is 0 Å². The van der Waals surface area contributed by atoms with E-state index in [2.05, 4.69) is 38.8 Å². The van der Waals surface area contributed by atoms with Gasteiger partial charge in [-0.05, 0) is 44.5 Å². The number of rotatable bonds is 6. The van der Waals surface area contributed by atoms with Crippen LogP contribution in [0.4, 0.5) is 0 Å². The maximum absolute atomic E-state index is 6.07. The number of hydrogen-bond acceptors (Lipinski definition) is 2. The molecule has 0 aromatic heterocycles. The molecule has 0 fully saturated rings. The first-order chi connectivity index (χ1) is 8.50. The van der Waals surface area contributed by atoms with Crippen molar-refractivity contribution in [3.63, 3.8) is 0 Å². The summed E-state index contributed by atoms with van der Waals surface area (Å²) in [5.74, 6) is 0. The summed E-state index contributed by atoms with van der Waals surface area (Å²) in [5, 5.41) is 0.791. The van der Waals surface area contributed by atoms with Crippen molar-refractivity contribution < 1.29 is 0 Å². The molecule has 18 heavy (non-hydrogen) atoms. The second-order valence-corrected chi connectivity index (χ2v) is 5.41. The SMILES string of the molecule is CCC(CC)(CN)N(C)C(C)c1cccc(Cl)c1. The monoisotopic (exact) mass is 268 g/mol. The Morgan fingerprint density at radius 1 is 1.33 bits per heavy atom. The van der Waals surface area contributed by atoms with E-state index in [1.54, 1.807) is 0 Å². The molecule has 3 heteroatoms. The minimum atomic E-state index is 0.0712. The van der Waals surface area contributed by atoms with Gasteiger partial charge in [0.25, 0.3) is 0 Å². The molecule has 0 spiro atoms. The van der Waals surface area contributed by atoms with Crippen LogP contribution in [0, 0.1) is 0 Å². The second kappa shape index (κ2) is 6.55. The quantitative estimate of drug-likeness (QED) is 0.849. The zero-order chi connectivity index (χ0) is 13.8. The molecule has 102 valence electrons. The second-order valence-electron chi connectivity index (χ2n) is 4.98. The average Bonchev–Trinajstić information content (AvgIpc) is 2.40. The standard InChI is InChI=1S/C15H25ClN2/c1-5-15(6-2,11-17)18(4)12(3)13-8-7-9-14(16)10-13/h7-10,12H,5-6,11,17H2,1-4H3. The third-order valence-electron chi connectivity index (χ3n) is 4.36. The first kappa shape index (κ1) is 15.5. The molecule has 2 N–H and O–H groups in total. The lowest BCUT2D eigenvalue weighted by Crippen LogP contribution is -2.52. The summed E-state index contributed by atoms with van der Waals surface area (Å²) in [6, 6.07) is 8.39. The lowest BCUT2D eigenvalue weighted by Gasteiger charge is -2.43. The Labute approximate surface area is 116 Å². The molecule has 2 nitrogen and oxygen atoms in total. The Morgan fingerprint density at radius 3 is 2.39 bits per heavy atom. The Hall–Kier alpha value is -0.570. The number of likely N-dealkylation sites (N-methyl/N-ethyl adjacent to an activating group) is 1. The molecule has 0 saturated heterocycles. The molecule has 0 amide bonds. The molecule has 1 rings (SSSR count). The van der Waals surface area contributed by atoms with Crippen molar-refractivity contribution >= 4 is 11.6 Å². The van der Waals surface area contributed by atoms with E-state index in [0.29, 0.717) is 12.6 Å². The minimum Gasteiger partial charge on any atom is -0.329 e. The summed E-state index contributed by atoms with van der Waals surface area (Å²) in [7, 11) is 2.16. The van der Waals surface area contributed by atoms with Crippen LogP contribution in [-0.2, 0) is 0 Å². The number of hydrogen-bond donors (Lipinski definition) is 1. The smallest absolute Gasteiger partial charge is 0.0409 e. The maximum atomic E-state index is 6.07. The van der Waals surface area contributed by atoms with E-state index in [-0.39, 0.29) is 5.54 Å². The highest BCUT2D eigenvalue weighted by Gasteiger charge is 2.32. The highest BCUT2D eigenvalue weighted by molar-refractivity contribution is 6.30. The van der Waals surface area contributed by atoms with E-state index in [0.717, 1.165) is 17.9 Å². The van der Waals surface area contributed by atoms with Crippen LogP contribution in [0.15, 0.2) is 24.3 Å². The fraction of sp³-hybridized carbons (Fsp3) is 0.600. The summed E-state index contributed by atoms with van der Waals surface area (Å²) >= 11 is 6.07. The fourth-order valence-electron chi connectivity index (χ4n) is 2.58. The molecule has 0 radical (unpaired) electrons. The first-order valence-electron chi connectivity index (χ1n) is 6.69. The maximum Gasteiger partial charge on any atom is 0.0409 e. The lowest BCUT2D eigenvalue weighted by atomic mass is 9.88. The van der Waals surface area contributed by atoms with Crippen LogP contribution in [0.1, 0.15) is 45.2 Å². The third-order valence-corrected chi connectivity index (χ3v) is 4.59. The molecule has 1 aromatic carbocycles. The predicted octanol–water partition coefficient (Wildman–Crippen LogP) is 3.85. The van der Waals surface area contributed by atoms with Gasteiger partial charge in [-0.15, -0.1) is 0 Å². The van der Waals surface area contributed by atoms with Crippen LogP contribution >= 0.6 is 11.6 Å². The van der Waals surface area contributed by atoms with E-state index in [4.69, 9.17) is 17.3 Å². The van der Waals surface area contributed by atoms with Gasteiger partial charge in [0.1, 0.15) is 0 Å². The molecule has 0 saturated carbocycles. The predicted molar refractivity (Wildman–Crippen MR) is 80.0 cm³/mol. The highest BCUT2D eigenvalue weighted by Crippen LogP contribution is 2.31. The molecule has 1 aromatic rings. The molecule has 1 atom stereocenters. The summed E-state index contributed by atoms with van der Waals surface area (Å²) in [6.07, 6.45) is 2.11. The van der Waals surface area contributed by atoms with Gasteiger partial charge in [0.15, 0.2) is 0 Å². The normalized spacial score (nSPS) is 13.9. The van der Waals surface area contributed by atoms with Crippen LogP contribution < -0.4 is 5.73 Å². The van der Waals surface area contributed by atoms with Crippen molar-refractivity contribution in [2.24, 2.45) is 5.73 Å². The van der Waals surface area contributed by atoms with Gasteiger partial charge < -0.3 is 5.73 Å². The molecule has 0 heterocycles. The first-order valence-corrected chi connectivity index (χ1v) is 7.07. The number of benzene rings is 1. The van der Waals surface area contributed by atoms with E-state index in [1.165, 1.54) is 5.56 Å². The van der Waals surface area contributed by atoms with E-state index in [9.17, 15) is 0 Å². The van der Waals surface area contributed by atoms with Gasteiger partial charge >= 0.3 is 0 Å². The van der Waals surface area contributed by atoms with E-state index >= 15 is 0 Å². The van der Waals surface area contributed by atoms with Gasteiger partial charge in [0.05, 0.1) is 0 Å². The van der Waals surface area contributed by atoms with Crippen LogP contribution in [0.5, 0.6) is 0 Å². The van der Waals surface area contributed by atoms with Gasteiger partial charge in [-0.2, -0.15) is 0 Å². The molecule has 0 aliphatic carbocycles. The Kier molecular flexibility index (Phi) is 5.64. The zero-order valence-corrected chi connectivity index (χ0v) is 12.7. The van der Waals surface area contributed by atoms with Crippen LogP contribution in [-0.4, -0.2) is 24.0 Å². The van der Waals surface area contributed by atoms with E-state index in [1.807, 2.05) is 18.2 Å². The number of nitrogens with two attached hydrogens (primary N) is 1. The molecular weight excluding hydrogens is 244 g/mol. The summed E-state index contributed by atoms with van der Waals surface area (Å²) in [5.41, 5.74) is 7.32. The minimum absolute atomic E-state index is 0.0712. The average molecular weight is 269 g/mol. The summed E-state index contributed by atoms with van der Waals surface area (Å²) in [6.45, 7) is 7.30. The molecule has 1 unspecified atom stereocenters. The van der Waals surface area contributed by atoms with Crippen molar-refractivity contribution in [3.05, 3.63) is 34.9 Å². The van der Waals surface area contributed by atoms with Crippen LogP contribution in [0.3, 0.4) is 0 Å². The molecule has 0 aliphatic rings. The highest BCUT2D eigenvalue weighted by atomic mass is 35.5. The molecular formula is C15H25ClN2. The molecule has 0 bridgehead atoms. The van der Waals surface area contributed by atoms with Gasteiger partial charge in [0.2, 0.25) is 0 Å². The van der Waals surface area contributed by atoms with E-state index < -0.39 is 0 Å².